The first-order chi connectivity index (χ1) is 30.1. The van der Waals surface area contributed by atoms with Crippen LogP contribution in [0.2, 0.25) is 0 Å². The lowest BCUT2D eigenvalue weighted by Crippen LogP contribution is -2.43. The first-order valence-electron chi connectivity index (χ1n) is 27.0. The van der Waals surface area contributed by atoms with Crippen LogP contribution in [0.4, 0.5) is 0 Å². The van der Waals surface area contributed by atoms with Gasteiger partial charge in [0, 0.05) is 30.6 Å². The summed E-state index contributed by atoms with van der Waals surface area (Å²) >= 11 is 0. The molecule has 3 nitrogen and oxygen atoms in total. The number of hydrogen-bond acceptors (Lipinski definition) is 3. The molecule has 0 heterocycles. The van der Waals surface area contributed by atoms with E-state index in [1.54, 1.807) is 6.92 Å². The zero-order valence-corrected chi connectivity index (χ0v) is 50.3. The third-order valence-corrected chi connectivity index (χ3v) is 12.7. The predicted octanol–water partition coefficient (Wildman–Crippen LogP) is 19.0. The van der Waals surface area contributed by atoms with Crippen LogP contribution in [0.3, 0.4) is 0 Å². The molecule has 390 valence electrons. The molecule has 2 saturated carbocycles. The maximum absolute atomic E-state index is 5.78. The summed E-state index contributed by atoms with van der Waals surface area (Å²) in [5.74, 6) is 12.6. The van der Waals surface area contributed by atoms with Crippen LogP contribution in [0.1, 0.15) is 237 Å². The van der Waals surface area contributed by atoms with E-state index in [2.05, 4.69) is 194 Å². The molecule has 0 aromatic heterocycles. The number of nitrogens with zero attached hydrogens (tertiary/aromatic N) is 2. The zero-order valence-electron chi connectivity index (χ0n) is 50.3. The number of rotatable bonds is 14. The molecule has 0 aromatic carbocycles. The summed E-state index contributed by atoms with van der Waals surface area (Å²) in [6, 6.07) is 0.700. The van der Waals surface area contributed by atoms with E-state index in [0.717, 1.165) is 36.1 Å². The maximum Gasteiger partial charge on any atom is 0.0300 e. The van der Waals surface area contributed by atoms with Crippen LogP contribution in [0, 0.1) is 101 Å². The van der Waals surface area contributed by atoms with E-state index in [-0.39, 0.29) is 5.92 Å². The van der Waals surface area contributed by atoms with Gasteiger partial charge in [-0.15, -0.1) is 31.3 Å². The van der Waals surface area contributed by atoms with Gasteiger partial charge >= 0.3 is 0 Å². The van der Waals surface area contributed by atoms with E-state index < -0.39 is 0 Å². The number of allylic oxidation sites excluding steroid dienone is 1. The summed E-state index contributed by atoms with van der Waals surface area (Å²) in [6.45, 7) is 63.7. The van der Waals surface area contributed by atoms with Crippen molar-refractivity contribution in [3.8, 4) is 24.7 Å². The molecule has 2 fully saturated rings. The van der Waals surface area contributed by atoms with E-state index in [1.165, 1.54) is 75.5 Å². The summed E-state index contributed by atoms with van der Waals surface area (Å²) in [4.78, 5) is 7.04. The van der Waals surface area contributed by atoms with Crippen LogP contribution in [-0.2, 0) is 0 Å². The first-order valence-corrected chi connectivity index (χ1v) is 27.0. The lowest BCUT2D eigenvalue weighted by molar-refractivity contribution is 0.103. The van der Waals surface area contributed by atoms with Gasteiger partial charge in [0.25, 0.3) is 0 Å². The van der Waals surface area contributed by atoms with Gasteiger partial charge in [-0.25, -0.2) is 0 Å². The largest absolute Gasteiger partial charge is 0.330 e. The highest BCUT2D eigenvalue weighted by Gasteiger charge is 2.36. The van der Waals surface area contributed by atoms with Gasteiger partial charge in [0.1, 0.15) is 0 Å². The second-order valence-electron chi connectivity index (χ2n) is 21.8. The molecule has 2 rings (SSSR count). The third-order valence-electron chi connectivity index (χ3n) is 12.7. The van der Waals surface area contributed by atoms with Gasteiger partial charge in [0.05, 0.1) is 0 Å². The summed E-state index contributed by atoms with van der Waals surface area (Å²) in [6.07, 6.45) is 25.2. The molecule has 10 unspecified atom stereocenters. The molecule has 0 radical (unpaired) electrons. The van der Waals surface area contributed by atoms with E-state index in [4.69, 9.17) is 12.2 Å². The number of hydrogen-bond donors (Lipinski definition) is 1. The molecule has 3 heteroatoms. The van der Waals surface area contributed by atoms with Gasteiger partial charge in [-0.3, -0.25) is 4.99 Å². The number of terminal acetylenes is 2. The SMILES string of the molecule is C#CC.C#CC(C(C)C)C(C)C(=NC)C(C)CC(C)(CC)CC(C)C.C=C(C)C1C(C)CC(C)CC1N(C)C.C=CC(C)C.CC.CC.CC1CC(C)(C)CC1C.CCC.CCCCN. The molecule has 65 heavy (non-hydrogen) atoms. The van der Waals surface area contributed by atoms with Crippen LogP contribution in [-0.4, -0.2) is 44.3 Å². The maximum atomic E-state index is 5.78. The molecule has 0 saturated heterocycles. The third kappa shape index (κ3) is 42.1. The zero-order chi connectivity index (χ0) is 53.3. The summed E-state index contributed by atoms with van der Waals surface area (Å²) in [7, 11) is 6.33. The molecule has 2 N–H and O–H groups in total. The Labute approximate surface area is 416 Å². The normalized spacial score (nSPS) is 22.6. The second kappa shape index (κ2) is 47.3. The van der Waals surface area contributed by atoms with Crippen molar-refractivity contribution in [3.63, 3.8) is 0 Å². The highest BCUT2D eigenvalue weighted by molar-refractivity contribution is 5.89. The van der Waals surface area contributed by atoms with Crippen molar-refractivity contribution in [2.45, 2.75) is 243 Å². The molecule has 0 aliphatic heterocycles. The summed E-state index contributed by atoms with van der Waals surface area (Å²) in [5, 5.41) is 0. The van der Waals surface area contributed by atoms with E-state index in [0.29, 0.717) is 46.5 Å². The Kier molecular flexibility index (Phi) is 56.3. The van der Waals surface area contributed by atoms with Gasteiger partial charge in [-0.05, 0) is 144 Å². The number of unbranched alkanes of at least 4 members (excludes halogenated alkanes) is 1. The number of aliphatic imine (C=N–C) groups is 1. The smallest absolute Gasteiger partial charge is 0.0300 e. The Hall–Kier alpha value is -1.81. The Bertz CT molecular complexity index is 1140. The molecular weight excluding hydrogens is 787 g/mol. The fourth-order valence-corrected chi connectivity index (χ4v) is 9.77. The Balaban J connectivity index is -0.000000134. The molecule has 0 aromatic rings. The van der Waals surface area contributed by atoms with Gasteiger partial charge in [-0.1, -0.05) is 197 Å². The molecular formula is C62H127N3. The molecule has 2 aliphatic rings. The van der Waals surface area contributed by atoms with Crippen LogP contribution in [0.5, 0.6) is 0 Å². The van der Waals surface area contributed by atoms with Crippen LogP contribution in [0.15, 0.2) is 29.8 Å². The molecule has 2 aliphatic carbocycles. The minimum Gasteiger partial charge on any atom is -0.330 e. The molecule has 10 atom stereocenters. The van der Waals surface area contributed by atoms with Crippen molar-refractivity contribution in [1.82, 2.24) is 4.90 Å². The average Bonchev–Trinajstić information content (AvgIpc) is 3.45. The van der Waals surface area contributed by atoms with Crippen LogP contribution < -0.4 is 5.73 Å². The fourth-order valence-electron chi connectivity index (χ4n) is 9.77. The monoisotopic (exact) mass is 914 g/mol. The Morgan fingerprint density at radius 2 is 1.28 bits per heavy atom. The minimum absolute atomic E-state index is 0.277. The quantitative estimate of drug-likeness (QED) is 0.107. The van der Waals surface area contributed by atoms with Gasteiger partial charge in [0.2, 0.25) is 0 Å². The van der Waals surface area contributed by atoms with Crippen molar-refractivity contribution < 1.29 is 0 Å². The Morgan fingerprint density at radius 3 is 1.49 bits per heavy atom. The van der Waals surface area contributed by atoms with E-state index >= 15 is 0 Å². The van der Waals surface area contributed by atoms with Crippen molar-refractivity contribution in [2.24, 2.45) is 86.7 Å². The predicted molar refractivity (Wildman–Crippen MR) is 308 cm³/mol. The first kappa shape index (κ1) is 77.4. The molecule has 0 amide bonds. The standard InChI is InChI=1S/C21H39N.C13H25N.C9H18.C5H10.C4H11N.C3H8.C3H4.2C2H6/c1-11-19(16(5)6)18(8)20(22-10)17(7)14-21(9,12-2)13-15(3)4;1-9(2)13-11(4)7-10(3)8-12(13)14(5)6;1-7-5-9(3,4)6-8(7)2;1-4-5(2)3;1-2-3-4-5;2*1-3-2;2*1-2/h1,15-19H,12-14H2,2-10H3;10-13H,1,7-8H2,2-6H3;7-8H,5-6H2,1-4H3;4-5H,1H2,2-3H3;2-5H2,1H3;3H2,1-2H3;1H,2H3;2*1-2H3. The van der Waals surface area contributed by atoms with Gasteiger partial charge < -0.3 is 10.6 Å². The summed E-state index contributed by atoms with van der Waals surface area (Å²) in [5.41, 5.74) is 8.84. The lowest BCUT2D eigenvalue weighted by Gasteiger charge is -2.43. The van der Waals surface area contributed by atoms with Crippen LogP contribution in [0.25, 0.3) is 0 Å². The van der Waals surface area contributed by atoms with Gasteiger partial charge in [-0.2, -0.15) is 0 Å². The van der Waals surface area contributed by atoms with E-state index in [1.807, 2.05) is 40.8 Å². The highest BCUT2D eigenvalue weighted by atomic mass is 15.1. The second-order valence-corrected chi connectivity index (χ2v) is 21.8. The van der Waals surface area contributed by atoms with Crippen molar-refractivity contribution in [2.75, 3.05) is 27.7 Å². The number of nitrogens with two attached hydrogens (primary N) is 1. The van der Waals surface area contributed by atoms with Crippen molar-refractivity contribution >= 4 is 5.71 Å². The topological polar surface area (TPSA) is 41.6 Å². The van der Waals surface area contributed by atoms with Gasteiger partial charge in [0.15, 0.2) is 0 Å². The molecule has 0 spiro atoms. The Morgan fingerprint density at radius 1 is 0.862 bits per heavy atom. The highest BCUT2D eigenvalue weighted by Crippen LogP contribution is 2.44. The van der Waals surface area contributed by atoms with Crippen molar-refractivity contribution in [1.29, 1.82) is 0 Å². The van der Waals surface area contributed by atoms with Crippen LogP contribution >= 0.6 is 0 Å². The average molecular weight is 915 g/mol. The fraction of sp³-hybridized carbons (Fsp3) is 0.855. The minimum atomic E-state index is 0.277. The lowest BCUT2D eigenvalue weighted by atomic mass is 9.69. The van der Waals surface area contributed by atoms with E-state index in [9.17, 15) is 0 Å². The van der Waals surface area contributed by atoms with Crippen molar-refractivity contribution in [3.05, 3.63) is 24.8 Å². The summed E-state index contributed by atoms with van der Waals surface area (Å²) < 4.78 is 0. The molecule has 0 bridgehead atoms.